The van der Waals surface area contributed by atoms with Crippen LogP contribution in [0.1, 0.15) is 25.5 Å². The van der Waals surface area contributed by atoms with Crippen LogP contribution in [0.15, 0.2) is 65.8 Å². The van der Waals surface area contributed by atoms with Crippen LogP contribution < -0.4 is 14.2 Å². The van der Waals surface area contributed by atoms with E-state index in [0.717, 1.165) is 24.2 Å². The van der Waals surface area contributed by atoms with Crippen LogP contribution in [0.3, 0.4) is 0 Å². The first-order valence-corrected chi connectivity index (χ1v) is 11.2. The number of hydrogen-bond donors (Lipinski definition) is 1. The number of nitrogens with zero attached hydrogens (tertiary/aromatic N) is 2. The summed E-state index contributed by atoms with van der Waals surface area (Å²) in [4.78, 5) is 8.61. The normalized spacial score (nSPS) is 11.3. The first-order valence-electron chi connectivity index (χ1n) is 9.69. The first kappa shape index (κ1) is 21.7. The van der Waals surface area contributed by atoms with Crippen LogP contribution >= 0.6 is 0 Å². The molecular weight excluding hydrogens is 402 g/mol. The SMILES string of the molecule is CCCCOc1ccc(S(=O)(=O)NCc2cc(-c3ccc(OC)cc3)ncn2)cc1. The monoisotopic (exact) mass is 427 g/mol. The smallest absolute Gasteiger partial charge is 0.240 e. The maximum absolute atomic E-state index is 12.6. The molecule has 0 bridgehead atoms. The quantitative estimate of drug-likeness (QED) is 0.495. The maximum Gasteiger partial charge on any atom is 0.240 e. The van der Waals surface area contributed by atoms with Gasteiger partial charge in [0.15, 0.2) is 0 Å². The second kappa shape index (κ2) is 10.2. The van der Waals surface area contributed by atoms with E-state index in [1.54, 1.807) is 25.3 Å². The Morgan fingerprint density at radius 1 is 0.967 bits per heavy atom. The molecule has 0 radical (unpaired) electrons. The summed E-state index contributed by atoms with van der Waals surface area (Å²) in [7, 11) is -2.06. The number of sulfonamides is 1. The Hall–Kier alpha value is -2.97. The van der Waals surface area contributed by atoms with Gasteiger partial charge in [-0.15, -0.1) is 0 Å². The molecule has 30 heavy (non-hydrogen) atoms. The van der Waals surface area contributed by atoms with Gasteiger partial charge in [0.2, 0.25) is 10.0 Å². The molecule has 0 atom stereocenters. The summed E-state index contributed by atoms with van der Waals surface area (Å²) in [5.41, 5.74) is 2.16. The zero-order chi connectivity index (χ0) is 21.4. The van der Waals surface area contributed by atoms with E-state index in [4.69, 9.17) is 9.47 Å². The van der Waals surface area contributed by atoms with Crippen LogP contribution in [-0.2, 0) is 16.6 Å². The van der Waals surface area contributed by atoms with E-state index >= 15 is 0 Å². The Morgan fingerprint density at radius 3 is 2.33 bits per heavy atom. The maximum atomic E-state index is 12.6. The van der Waals surface area contributed by atoms with Crippen molar-refractivity contribution in [3.05, 3.63) is 66.6 Å². The van der Waals surface area contributed by atoms with Crippen molar-refractivity contribution < 1.29 is 17.9 Å². The summed E-state index contributed by atoms with van der Waals surface area (Å²) in [5, 5.41) is 0. The minimum absolute atomic E-state index is 0.0583. The number of aromatic nitrogens is 2. The van der Waals surface area contributed by atoms with Gasteiger partial charge in [0.05, 0.1) is 36.5 Å². The van der Waals surface area contributed by atoms with E-state index in [0.29, 0.717) is 23.7 Å². The highest BCUT2D eigenvalue weighted by molar-refractivity contribution is 7.89. The molecule has 3 rings (SSSR count). The van der Waals surface area contributed by atoms with E-state index in [-0.39, 0.29) is 11.4 Å². The highest BCUT2D eigenvalue weighted by atomic mass is 32.2. The molecule has 0 aliphatic heterocycles. The summed E-state index contributed by atoms with van der Waals surface area (Å²) in [6.07, 6.45) is 3.42. The van der Waals surface area contributed by atoms with Crippen LogP contribution in [0.25, 0.3) is 11.3 Å². The molecule has 0 unspecified atom stereocenters. The molecular formula is C22H25N3O4S. The van der Waals surface area contributed by atoms with E-state index in [2.05, 4.69) is 21.6 Å². The fraction of sp³-hybridized carbons (Fsp3) is 0.273. The molecule has 0 saturated heterocycles. The van der Waals surface area contributed by atoms with Gasteiger partial charge in [-0.2, -0.15) is 0 Å². The van der Waals surface area contributed by atoms with Gasteiger partial charge in [-0.1, -0.05) is 13.3 Å². The van der Waals surface area contributed by atoms with Crippen molar-refractivity contribution in [1.82, 2.24) is 14.7 Å². The Morgan fingerprint density at radius 2 is 1.67 bits per heavy atom. The fourth-order valence-electron chi connectivity index (χ4n) is 2.72. The van der Waals surface area contributed by atoms with E-state index in [1.807, 2.05) is 24.3 Å². The van der Waals surface area contributed by atoms with E-state index in [1.165, 1.54) is 18.5 Å². The molecule has 0 fully saturated rings. The molecule has 1 aromatic heterocycles. The van der Waals surface area contributed by atoms with Gasteiger partial charge in [-0.3, -0.25) is 0 Å². The lowest BCUT2D eigenvalue weighted by Crippen LogP contribution is -2.23. The van der Waals surface area contributed by atoms with Crippen molar-refractivity contribution in [2.45, 2.75) is 31.2 Å². The highest BCUT2D eigenvalue weighted by Crippen LogP contribution is 2.21. The van der Waals surface area contributed by atoms with Crippen LogP contribution in [0.2, 0.25) is 0 Å². The third-order valence-electron chi connectivity index (χ3n) is 4.45. The van der Waals surface area contributed by atoms with Crippen molar-refractivity contribution in [2.24, 2.45) is 0 Å². The molecule has 1 N–H and O–H groups in total. The molecule has 7 nitrogen and oxygen atoms in total. The van der Waals surface area contributed by atoms with Crippen LogP contribution in [0.4, 0.5) is 0 Å². The minimum Gasteiger partial charge on any atom is -0.497 e. The Kier molecular flexibility index (Phi) is 7.37. The van der Waals surface area contributed by atoms with Crippen molar-refractivity contribution in [1.29, 1.82) is 0 Å². The molecule has 0 amide bonds. The number of rotatable bonds is 10. The van der Waals surface area contributed by atoms with Gasteiger partial charge in [0, 0.05) is 5.56 Å². The van der Waals surface area contributed by atoms with Crippen LogP contribution in [0, 0.1) is 0 Å². The number of benzene rings is 2. The van der Waals surface area contributed by atoms with Crippen molar-refractivity contribution in [2.75, 3.05) is 13.7 Å². The standard InChI is InChI=1S/C22H25N3O4S/c1-3-4-13-29-20-9-11-21(12-10-20)30(26,27)25-15-18-14-22(24-16-23-18)17-5-7-19(28-2)8-6-17/h5-12,14,16,25H,3-4,13,15H2,1-2H3. The van der Waals surface area contributed by atoms with E-state index < -0.39 is 10.0 Å². The van der Waals surface area contributed by atoms with Crippen LogP contribution in [0.5, 0.6) is 11.5 Å². The van der Waals surface area contributed by atoms with Gasteiger partial charge >= 0.3 is 0 Å². The number of nitrogens with one attached hydrogen (secondary N) is 1. The summed E-state index contributed by atoms with van der Waals surface area (Å²) in [5.74, 6) is 1.41. The third-order valence-corrected chi connectivity index (χ3v) is 5.87. The predicted octanol–water partition coefficient (Wildman–Crippen LogP) is 3.81. The summed E-state index contributed by atoms with van der Waals surface area (Å²) < 4.78 is 38.5. The van der Waals surface area contributed by atoms with Gasteiger partial charge in [0.25, 0.3) is 0 Å². The molecule has 2 aromatic carbocycles. The summed E-state index contributed by atoms with van der Waals surface area (Å²) in [6.45, 7) is 2.76. The zero-order valence-electron chi connectivity index (χ0n) is 17.0. The lowest BCUT2D eigenvalue weighted by molar-refractivity contribution is 0.309. The number of methoxy groups -OCH3 is 1. The van der Waals surface area contributed by atoms with Gasteiger partial charge < -0.3 is 9.47 Å². The van der Waals surface area contributed by atoms with E-state index in [9.17, 15) is 8.42 Å². The van der Waals surface area contributed by atoms with Crippen molar-refractivity contribution in [3.8, 4) is 22.8 Å². The largest absolute Gasteiger partial charge is 0.497 e. The second-order valence-corrected chi connectivity index (χ2v) is 8.39. The molecule has 158 valence electrons. The van der Waals surface area contributed by atoms with Crippen molar-refractivity contribution in [3.63, 3.8) is 0 Å². The molecule has 0 aliphatic rings. The molecule has 0 saturated carbocycles. The van der Waals surface area contributed by atoms with Gasteiger partial charge in [-0.25, -0.2) is 23.1 Å². The second-order valence-electron chi connectivity index (χ2n) is 6.62. The molecule has 1 heterocycles. The summed E-state index contributed by atoms with van der Waals surface area (Å²) in [6, 6.07) is 15.6. The average Bonchev–Trinajstić information content (AvgIpc) is 2.79. The molecule has 0 aliphatic carbocycles. The number of hydrogen-bond acceptors (Lipinski definition) is 6. The third kappa shape index (κ3) is 5.77. The lowest BCUT2D eigenvalue weighted by Gasteiger charge is -2.09. The molecule has 8 heteroatoms. The Labute approximate surface area is 177 Å². The Bertz CT molecular complexity index is 1050. The van der Waals surface area contributed by atoms with Gasteiger partial charge in [0.1, 0.15) is 17.8 Å². The van der Waals surface area contributed by atoms with Crippen molar-refractivity contribution >= 4 is 10.0 Å². The molecule has 3 aromatic rings. The summed E-state index contributed by atoms with van der Waals surface area (Å²) >= 11 is 0. The first-order chi connectivity index (χ1) is 14.5. The fourth-order valence-corrected chi connectivity index (χ4v) is 3.71. The van der Waals surface area contributed by atoms with Crippen LogP contribution in [-0.4, -0.2) is 32.1 Å². The number of ether oxygens (including phenoxy) is 2. The lowest BCUT2D eigenvalue weighted by atomic mass is 10.1. The zero-order valence-corrected chi connectivity index (χ0v) is 17.9. The number of unbranched alkanes of at least 4 members (excludes halogenated alkanes) is 1. The Balaban J connectivity index is 1.65. The average molecular weight is 428 g/mol. The highest BCUT2D eigenvalue weighted by Gasteiger charge is 2.14. The predicted molar refractivity (Wildman–Crippen MR) is 115 cm³/mol. The minimum atomic E-state index is -3.67. The molecule has 0 spiro atoms. The van der Waals surface area contributed by atoms with Gasteiger partial charge in [-0.05, 0) is 61.0 Å². The topological polar surface area (TPSA) is 90.4 Å².